The predicted octanol–water partition coefficient (Wildman–Crippen LogP) is 2.80. The zero-order chi connectivity index (χ0) is 16.3. The van der Waals surface area contributed by atoms with Gasteiger partial charge < -0.3 is 15.2 Å². The van der Waals surface area contributed by atoms with Crippen molar-refractivity contribution in [3.05, 3.63) is 28.1 Å². The Labute approximate surface area is 132 Å². The summed E-state index contributed by atoms with van der Waals surface area (Å²) in [5.41, 5.74) is -1.54. The highest BCUT2D eigenvalue weighted by atomic mass is 32.2. The fourth-order valence-electron chi connectivity index (χ4n) is 2.50. The van der Waals surface area contributed by atoms with Gasteiger partial charge in [0.05, 0.1) is 17.6 Å². The lowest BCUT2D eigenvalue weighted by Gasteiger charge is -2.45. The molecule has 122 valence electrons. The molecule has 0 aliphatic heterocycles. The highest BCUT2D eigenvalue weighted by Crippen LogP contribution is 2.42. The van der Waals surface area contributed by atoms with E-state index in [9.17, 15) is 19.6 Å². The topological polar surface area (TPSA) is 84.6 Å². The van der Waals surface area contributed by atoms with Crippen molar-refractivity contribution in [2.24, 2.45) is 0 Å². The summed E-state index contributed by atoms with van der Waals surface area (Å²) in [7, 11) is 1.36. The van der Waals surface area contributed by atoms with E-state index < -0.39 is 22.0 Å². The number of aliphatic hydroxyl groups is 1. The number of ether oxygens (including phenoxy) is 1. The van der Waals surface area contributed by atoms with Crippen LogP contribution < -0.4 is 10.1 Å². The Balaban J connectivity index is 2.18. The summed E-state index contributed by atoms with van der Waals surface area (Å²) in [4.78, 5) is 10.3. The lowest BCUT2D eigenvalue weighted by Crippen LogP contribution is -2.54. The van der Waals surface area contributed by atoms with Gasteiger partial charge in [0, 0.05) is 23.9 Å². The smallest absolute Gasteiger partial charge is 0.327 e. The molecule has 0 heterocycles. The van der Waals surface area contributed by atoms with Crippen molar-refractivity contribution in [3.8, 4) is 5.75 Å². The average molecular weight is 330 g/mol. The van der Waals surface area contributed by atoms with Crippen LogP contribution in [-0.2, 0) is 0 Å². The molecule has 0 aromatic heterocycles. The third-order valence-corrected chi connectivity index (χ3v) is 5.26. The molecular weight excluding hydrogens is 311 g/mol. The number of thioether (sulfide) groups is 1. The molecule has 1 fully saturated rings. The highest BCUT2D eigenvalue weighted by molar-refractivity contribution is 8.00. The van der Waals surface area contributed by atoms with Crippen LogP contribution >= 0.6 is 11.8 Å². The van der Waals surface area contributed by atoms with E-state index in [0.717, 1.165) is 18.2 Å². The number of nitro benzene ring substituents is 1. The van der Waals surface area contributed by atoms with Crippen LogP contribution in [0.4, 0.5) is 15.8 Å². The standard InChI is InChI=1S/C14H19FN2O4S/c1-3-22-12-4-5-14(12,18)8-16-11-7-9(21-2)6-10(15)13(11)17(19)20/h6-7,12,16,18H,3-5,8H2,1-2H3. The number of nitro groups is 1. The van der Waals surface area contributed by atoms with Gasteiger partial charge in [0.25, 0.3) is 0 Å². The van der Waals surface area contributed by atoms with E-state index in [1.54, 1.807) is 11.8 Å². The number of halogens is 1. The average Bonchev–Trinajstić information content (AvgIpc) is 2.48. The van der Waals surface area contributed by atoms with Gasteiger partial charge in [-0.25, -0.2) is 0 Å². The van der Waals surface area contributed by atoms with Gasteiger partial charge in [-0.05, 0) is 18.6 Å². The Morgan fingerprint density at radius 1 is 1.64 bits per heavy atom. The maximum atomic E-state index is 13.8. The molecule has 2 rings (SSSR count). The van der Waals surface area contributed by atoms with Crippen molar-refractivity contribution in [1.29, 1.82) is 0 Å². The third-order valence-electron chi connectivity index (χ3n) is 3.85. The number of hydrogen-bond acceptors (Lipinski definition) is 6. The first-order valence-corrected chi connectivity index (χ1v) is 8.06. The van der Waals surface area contributed by atoms with Crippen molar-refractivity contribution in [2.75, 3.05) is 24.7 Å². The minimum absolute atomic E-state index is 0.0161. The lowest BCUT2D eigenvalue weighted by molar-refractivity contribution is -0.386. The molecule has 2 N–H and O–H groups in total. The predicted molar refractivity (Wildman–Crippen MR) is 84.2 cm³/mol. The largest absolute Gasteiger partial charge is 0.497 e. The summed E-state index contributed by atoms with van der Waals surface area (Å²) in [6.07, 6.45) is 1.53. The number of nitrogens with one attached hydrogen (secondary N) is 1. The zero-order valence-electron chi connectivity index (χ0n) is 12.5. The van der Waals surface area contributed by atoms with E-state index in [1.165, 1.54) is 13.2 Å². The summed E-state index contributed by atoms with van der Waals surface area (Å²) in [6.45, 7) is 2.15. The van der Waals surface area contributed by atoms with Crippen molar-refractivity contribution >= 4 is 23.1 Å². The zero-order valence-corrected chi connectivity index (χ0v) is 13.3. The second-order valence-electron chi connectivity index (χ2n) is 5.20. The monoisotopic (exact) mass is 330 g/mol. The first-order chi connectivity index (χ1) is 10.4. The molecule has 1 aliphatic rings. The summed E-state index contributed by atoms with van der Waals surface area (Å²) < 4.78 is 18.8. The Morgan fingerprint density at radius 3 is 2.86 bits per heavy atom. The van der Waals surface area contributed by atoms with E-state index in [-0.39, 0.29) is 23.2 Å². The summed E-state index contributed by atoms with van der Waals surface area (Å²) >= 11 is 1.66. The number of anilines is 1. The highest BCUT2D eigenvalue weighted by Gasteiger charge is 2.45. The molecule has 8 heteroatoms. The lowest BCUT2D eigenvalue weighted by atomic mass is 9.79. The normalized spacial score (nSPS) is 23.7. The molecule has 0 amide bonds. The molecule has 2 atom stereocenters. The molecule has 0 bridgehead atoms. The molecular formula is C14H19FN2O4S. The molecule has 0 radical (unpaired) electrons. The SMILES string of the molecule is CCSC1CCC1(O)CNc1cc(OC)cc(F)c1[N+](=O)[O-]. The van der Waals surface area contributed by atoms with E-state index in [2.05, 4.69) is 5.32 Å². The third kappa shape index (κ3) is 3.27. The second-order valence-corrected chi connectivity index (χ2v) is 6.68. The van der Waals surface area contributed by atoms with Gasteiger partial charge in [-0.15, -0.1) is 0 Å². The Kier molecular flexibility index (Phi) is 5.12. The van der Waals surface area contributed by atoms with Crippen LogP contribution in [0, 0.1) is 15.9 Å². The summed E-state index contributed by atoms with van der Waals surface area (Å²) in [6, 6.07) is 2.34. The van der Waals surface area contributed by atoms with Crippen LogP contribution in [0.3, 0.4) is 0 Å². The minimum Gasteiger partial charge on any atom is -0.497 e. The van der Waals surface area contributed by atoms with Crippen LogP contribution in [0.5, 0.6) is 5.75 Å². The Morgan fingerprint density at radius 2 is 2.36 bits per heavy atom. The van der Waals surface area contributed by atoms with Crippen LogP contribution in [0.25, 0.3) is 0 Å². The molecule has 1 aromatic rings. The Bertz CT molecular complexity index is 572. The minimum atomic E-state index is -0.966. The van der Waals surface area contributed by atoms with Crippen LogP contribution in [-0.4, -0.2) is 40.3 Å². The van der Waals surface area contributed by atoms with Gasteiger partial charge in [0.15, 0.2) is 0 Å². The number of rotatable bonds is 7. The first kappa shape index (κ1) is 16.8. The van der Waals surface area contributed by atoms with Gasteiger partial charge in [0.2, 0.25) is 5.82 Å². The van der Waals surface area contributed by atoms with Gasteiger partial charge in [-0.2, -0.15) is 16.2 Å². The van der Waals surface area contributed by atoms with Gasteiger partial charge in [-0.1, -0.05) is 6.92 Å². The molecule has 22 heavy (non-hydrogen) atoms. The van der Waals surface area contributed by atoms with Crippen molar-refractivity contribution in [3.63, 3.8) is 0 Å². The van der Waals surface area contributed by atoms with Gasteiger partial charge >= 0.3 is 5.69 Å². The molecule has 0 spiro atoms. The molecule has 1 aromatic carbocycles. The maximum absolute atomic E-state index is 13.8. The van der Waals surface area contributed by atoms with Crippen LogP contribution in [0.15, 0.2) is 12.1 Å². The molecule has 1 saturated carbocycles. The molecule has 2 unspecified atom stereocenters. The summed E-state index contributed by atoms with van der Waals surface area (Å²) in [5.74, 6) is 0.110. The fourth-order valence-corrected chi connectivity index (χ4v) is 3.70. The maximum Gasteiger partial charge on any atom is 0.327 e. The van der Waals surface area contributed by atoms with E-state index in [0.29, 0.717) is 6.42 Å². The van der Waals surface area contributed by atoms with Crippen LogP contribution in [0.1, 0.15) is 19.8 Å². The van der Waals surface area contributed by atoms with E-state index in [1.807, 2.05) is 6.92 Å². The number of benzene rings is 1. The number of nitrogens with zero attached hydrogens (tertiary/aromatic N) is 1. The summed E-state index contributed by atoms with van der Waals surface area (Å²) in [5, 5.41) is 24.5. The first-order valence-electron chi connectivity index (χ1n) is 7.01. The van der Waals surface area contributed by atoms with E-state index in [4.69, 9.17) is 4.74 Å². The van der Waals surface area contributed by atoms with Crippen molar-refractivity contribution < 1.29 is 19.2 Å². The van der Waals surface area contributed by atoms with Gasteiger partial charge in [-0.3, -0.25) is 10.1 Å². The molecule has 0 saturated heterocycles. The number of hydrogen-bond donors (Lipinski definition) is 2. The number of methoxy groups -OCH3 is 1. The molecule has 6 nitrogen and oxygen atoms in total. The van der Waals surface area contributed by atoms with Gasteiger partial charge in [0.1, 0.15) is 11.4 Å². The van der Waals surface area contributed by atoms with Crippen LogP contribution in [0.2, 0.25) is 0 Å². The fraction of sp³-hybridized carbons (Fsp3) is 0.571. The van der Waals surface area contributed by atoms with E-state index >= 15 is 0 Å². The van der Waals surface area contributed by atoms with Crippen molar-refractivity contribution in [1.82, 2.24) is 0 Å². The molecule has 1 aliphatic carbocycles. The quantitative estimate of drug-likeness (QED) is 0.591. The second kappa shape index (κ2) is 6.70. The Hall–Kier alpha value is -1.54. The van der Waals surface area contributed by atoms with Crippen molar-refractivity contribution in [2.45, 2.75) is 30.6 Å².